The molecule has 2 aromatic rings. The minimum absolute atomic E-state index is 0.635. The number of thiocarbonyl (C=S) groups is 1. The molecule has 0 aliphatic heterocycles. The second-order valence-electron chi connectivity index (χ2n) is 3.66. The quantitative estimate of drug-likeness (QED) is 0.852. The van der Waals surface area contributed by atoms with E-state index in [2.05, 4.69) is 5.32 Å². The molecule has 0 atom stereocenters. The third kappa shape index (κ3) is 3.00. The van der Waals surface area contributed by atoms with Crippen LogP contribution >= 0.6 is 23.8 Å². The van der Waals surface area contributed by atoms with Crippen molar-refractivity contribution in [2.45, 2.75) is 0 Å². The van der Waals surface area contributed by atoms with Crippen molar-refractivity contribution in [3.05, 3.63) is 59.1 Å². The van der Waals surface area contributed by atoms with E-state index < -0.39 is 0 Å². The standard InChI is InChI=1S/C14H12ClNOS/c1-17-13-5-3-2-4-12(13)16-14(18)10-6-8-11(15)9-7-10/h2-9H,1H3,(H,16,18). The molecule has 2 aromatic carbocycles. The van der Waals surface area contributed by atoms with E-state index in [1.165, 1.54) is 0 Å². The number of anilines is 1. The zero-order valence-corrected chi connectivity index (χ0v) is 11.4. The molecule has 0 aromatic heterocycles. The lowest BCUT2D eigenvalue weighted by atomic mass is 10.2. The van der Waals surface area contributed by atoms with Gasteiger partial charge in [0.05, 0.1) is 12.8 Å². The van der Waals surface area contributed by atoms with E-state index in [0.717, 1.165) is 17.0 Å². The molecule has 0 aliphatic carbocycles. The Bertz CT molecular complexity index is 554. The van der Waals surface area contributed by atoms with Gasteiger partial charge < -0.3 is 10.1 Å². The first-order chi connectivity index (χ1) is 8.70. The normalized spacial score (nSPS) is 9.89. The third-order valence-corrected chi connectivity index (χ3v) is 3.05. The second-order valence-corrected chi connectivity index (χ2v) is 4.51. The van der Waals surface area contributed by atoms with Crippen molar-refractivity contribution >= 4 is 34.5 Å². The first-order valence-corrected chi connectivity index (χ1v) is 6.19. The summed E-state index contributed by atoms with van der Waals surface area (Å²) in [6.07, 6.45) is 0. The Hall–Kier alpha value is -1.58. The van der Waals surface area contributed by atoms with E-state index in [1.54, 1.807) is 7.11 Å². The van der Waals surface area contributed by atoms with Crippen LogP contribution in [0.15, 0.2) is 48.5 Å². The molecule has 0 radical (unpaired) electrons. The molecular weight excluding hydrogens is 266 g/mol. The number of hydrogen-bond acceptors (Lipinski definition) is 2. The molecule has 0 unspecified atom stereocenters. The molecular formula is C14H12ClNOS. The fourth-order valence-corrected chi connectivity index (χ4v) is 1.92. The van der Waals surface area contributed by atoms with E-state index in [-0.39, 0.29) is 0 Å². The zero-order valence-electron chi connectivity index (χ0n) is 9.81. The number of ether oxygens (including phenoxy) is 1. The minimum atomic E-state index is 0.635. The van der Waals surface area contributed by atoms with Gasteiger partial charge in [-0.3, -0.25) is 0 Å². The predicted octanol–water partition coefficient (Wildman–Crippen LogP) is 4.14. The van der Waals surface area contributed by atoms with Crippen LogP contribution in [-0.4, -0.2) is 12.1 Å². The van der Waals surface area contributed by atoms with Crippen molar-refractivity contribution in [3.8, 4) is 5.75 Å². The summed E-state index contributed by atoms with van der Waals surface area (Å²) in [5.74, 6) is 0.758. The first kappa shape index (κ1) is 12.9. The number of nitrogens with one attached hydrogen (secondary N) is 1. The maximum atomic E-state index is 5.84. The molecule has 0 aliphatic rings. The monoisotopic (exact) mass is 277 g/mol. The third-order valence-electron chi connectivity index (χ3n) is 2.46. The van der Waals surface area contributed by atoms with Crippen molar-refractivity contribution in [2.75, 3.05) is 12.4 Å². The van der Waals surface area contributed by atoms with Crippen LogP contribution in [0.2, 0.25) is 5.02 Å². The van der Waals surface area contributed by atoms with Gasteiger partial charge in [0.15, 0.2) is 0 Å². The Labute approximate surface area is 117 Å². The number of halogens is 1. The van der Waals surface area contributed by atoms with Crippen LogP contribution in [0.3, 0.4) is 0 Å². The Morgan fingerprint density at radius 2 is 1.78 bits per heavy atom. The van der Waals surface area contributed by atoms with Crippen LogP contribution in [0.5, 0.6) is 5.75 Å². The summed E-state index contributed by atoms with van der Waals surface area (Å²) in [6, 6.07) is 15.0. The summed E-state index contributed by atoms with van der Waals surface area (Å²) in [6.45, 7) is 0. The summed E-state index contributed by atoms with van der Waals surface area (Å²) in [5.41, 5.74) is 1.76. The van der Waals surface area contributed by atoms with Gasteiger partial charge in [0.25, 0.3) is 0 Å². The van der Waals surface area contributed by atoms with E-state index in [4.69, 9.17) is 28.6 Å². The zero-order chi connectivity index (χ0) is 13.0. The fourth-order valence-electron chi connectivity index (χ4n) is 1.54. The van der Waals surface area contributed by atoms with E-state index >= 15 is 0 Å². The molecule has 18 heavy (non-hydrogen) atoms. The highest BCUT2D eigenvalue weighted by Crippen LogP contribution is 2.24. The number of para-hydroxylation sites is 2. The Balaban J connectivity index is 2.18. The highest BCUT2D eigenvalue weighted by molar-refractivity contribution is 7.81. The molecule has 2 nitrogen and oxygen atoms in total. The Morgan fingerprint density at radius 1 is 1.11 bits per heavy atom. The summed E-state index contributed by atoms with van der Waals surface area (Å²) in [4.78, 5) is 0.635. The molecule has 0 fully saturated rings. The van der Waals surface area contributed by atoms with Gasteiger partial charge in [0.1, 0.15) is 10.7 Å². The van der Waals surface area contributed by atoms with E-state index in [0.29, 0.717) is 10.0 Å². The van der Waals surface area contributed by atoms with Crippen LogP contribution < -0.4 is 10.1 Å². The molecule has 0 amide bonds. The fraction of sp³-hybridized carbons (Fsp3) is 0.0714. The molecule has 4 heteroatoms. The number of rotatable bonds is 3. The molecule has 0 saturated carbocycles. The van der Waals surface area contributed by atoms with E-state index in [1.807, 2.05) is 48.5 Å². The van der Waals surface area contributed by atoms with Crippen LogP contribution in [0, 0.1) is 0 Å². The largest absolute Gasteiger partial charge is 0.495 e. The Kier molecular flexibility index (Phi) is 4.18. The lowest BCUT2D eigenvalue weighted by molar-refractivity contribution is 0.417. The van der Waals surface area contributed by atoms with Gasteiger partial charge in [-0.05, 0) is 24.3 Å². The summed E-state index contributed by atoms with van der Waals surface area (Å²) >= 11 is 11.2. The topological polar surface area (TPSA) is 21.3 Å². The Morgan fingerprint density at radius 3 is 2.44 bits per heavy atom. The minimum Gasteiger partial charge on any atom is -0.495 e. The van der Waals surface area contributed by atoms with Crippen LogP contribution in [0.1, 0.15) is 5.56 Å². The van der Waals surface area contributed by atoms with Gasteiger partial charge in [-0.15, -0.1) is 0 Å². The molecule has 1 N–H and O–H groups in total. The maximum absolute atomic E-state index is 5.84. The van der Waals surface area contributed by atoms with Crippen LogP contribution in [-0.2, 0) is 0 Å². The predicted molar refractivity (Wildman–Crippen MR) is 79.8 cm³/mol. The summed E-state index contributed by atoms with van der Waals surface area (Å²) in [7, 11) is 1.63. The van der Waals surface area contributed by atoms with Crippen LogP contribution in [0.25, 0.3) is 0 Å². The van der Waals surface area contributed by atoms with Crippen molar-refractivity contribution in [1.29, 1.82) is 0 Å². The van der Waals surface area contributed by atoms with Gasteiger partial charge in [-0.2, -0.15) is 0 Å². The average Bonchev–Trinajstić information content (AvgIpc) is 2.40. The molecule has 2 rings (SSSR count). The lowest BCUT2D eigenvalue weighted by Crippen LogP contribution is -2.11. The van der Waals surface area contributed by atoms with Gasteiger partial charge in [0.2, 0.25) is 0 Å². The highest BCUT2D eigenvalue weighted by atomic mass is 35.5. The van der Waals surface area contributed by atoms with Gasteiger partial charge in [0, 0.05) is 10.6 Å². The highest BCUT2D eigenvalue weighted by Gasteiger charge is 2.05. The van der Waals surface area contributed by atoms with E-state index in [9.17, 15) is 0 Å². The smallest absolute Gasteiger partial charge is 0.142 e. The number of hydrogen-bond donors (Lipinski definition) is 1. The number of methoxy groups -OCH3 is 1. The van der Waals surface area contributed by atoms with Gasteiger partial charge >= 0.3 is 0 Å². The summed E-state index contributed by atoms with van der Waals surface area (Å²) in [5, 5.41) is 3.85. The lowest BCUT2D eigenvalue weighted by Gasteiger charge is -2.11. The number of benzene rings is 2. The van der Waals surface area contributed by atoms with Gasteiger partial charge in [-0.1, -0.05) is 48.1 Å². The van der Waals surface area contributed by atoms with Crippen molar-refractivity contribution < 1.29 is 4.74 Å². The first-order valence-electron chi connectivity index (χ1n) is 5.40. The molecule has 0 bridgehead atoms. The molecule has 0 saturated heterocycles. The molecule has 92 valence electrons. The van der Waals surface area contributed by atoms with Crippen molar-refractivity contribution in [1.82, 2.24) is 0 Å². The average molecular weight is 278 g/mol. The molecule has 0 heterocycles. The van der Waals surface area contributed by atoms with Crippen molar-refractivity contribution in [3.63, 3.8) is 0 Å². The maximum Gasteiger partial charge on any atom is 0.142 e. The van der Waals surface area contributed by atoms with Gasteiger partial charge in [-0.25, -0.2) is 0 Å². The van der Waals surface area contributed by atoms with Crippen LogP contribution in [0.4, 0.5) is 5.69 Å². The van der Waals surface area contributed by atoms with Crippen molar-refractivity contribution in [2.24, 2.45) is 0 Å². The second kappa shape index (κ2) is 5.85. The SMILES string of the molecule is COc1ccccc1NC(=S)c1ccc(Cl)cc1. The molecule has 0 spiro atoms. The summed E-state index contributed by atoms with van der Waals surface area (Å²) < 4.78 is 5.26.